The van der Waals surface area contributed by atoms with Gasteiger partial charge in [0.15, 0.2) is 0 Å². The van der Waals surface area contributed by atoms with Gasteiger partial charge in [-0.05, 0) is 57.7 Å². The van der Waals surface area contributed by atoms with Crippen LogP contribution in [-0.4, -0.2) is 48.4 Å². The van der Waals surface area contributed by atoms with E-state index in [1.165, 1.54) is 7.11 Å². The van der Waals surface area contributed by atoms with Gasteiger partial charge >= 0.3 is 5.97 Å². The van der Waals surface area contributed by atoms with Crippen molar-refractivity contribution in [2.75, 3.05) is 20.8 Å². The summed E-state index contributed by atoms with van der Waals surface area (Å²) in [5, 5.41) is -0.513. The average Bonchev–Trinajstić information content (AvgIpc) is 2.81. The lowest BCUT2D eigenvalue weighted by Crippen LogP contribution is -2.37. The van der Waals surface area contributed by atoms with E-state index in [0.29, 0.717) is 17.1 Å². The number of benzene rings is 1. The largest absolute Gasteiger partial charge is 0.496 e. The third-order valence-corrected chi connectivity index (χ3v) is 4.59. The molecule has 0 unspecified atom stereocenters. The van der Waals surface area contributed by atoms with E-state index in [0.717, 1.165) is 22.2 Å². The van der Waals surface area contributed by atoms with Gasteiger partial charge in [-0.2, -0.15) is 0 Å². The zero-order valence-electron chi connectivity index (χ0n) is 16.2. The maximum atomic E-state index is 12.6. The van der Waals surface area contributed by atoms with Crippen molar-refractivity contribution in [1.29, 1.82) is 0 Å². The Kier molecular flexibility index (Phi) is 6.20. The second-order valence-corrected chi connectivity index (χ2v) is 7.86. The number of carbonyl (C=O) groups excluding carboxylic acids is 3. The van der Waals surface area contributed by atoms with E-state index in [1.54, 1.807) is 46.1 Å². The number of thioether (sulfide) groups is 1. The molecule has 27 heavy (non-hydrogen) atoms. The van der Waals surface area contributed by atoms with Crippen LogP contribution in [0.2, 0.25) is 0 Å². The second-order valence-electron chi connectivity index (χ2n) is 6.87. The summed E-state index contributed by atoms with van der Waals surface area (Å²) in [6.45, 7) is 6.58. The smallest absolute Gasteiger partial charge is 0.326 e. The van der Waals surface area contributed by atoms with E-state index in [2.05, 4.69) is 0 Å². The molecule has 1 aliphatic rings. The van der Waals surface area contributed by atoms with Gasteiger partial charge in [0, 0.05) is 11.1 Å². The molecule has 2 amide bonds. The first-order valence-electron chi connectivity index (χ1n) is 8.26. The number of esters is 1. The van der Waals surface area contributed by atoms with Gasteiger partial charge < -0.3 is 14.2 Å². The van der Waals surface area contributed by atoms with Crippen LogP contribution in [0.15, 0.2) is 17.0 Å². The van der Waals surface area contributed by atoms with Crippen LogP contribution in [0.1, 0.15) is 31.9 Å². The zero-order valence-corrected chi connectivity index (χ0v) is 17.1. The quantitative estimate of drug-likeness (QED) is 0.560. The molecule has 1 fully saturated rings. The van der Waals surface area contributed by atoms with E-state index < -0.39 is 29.3 Å². The molecule has 1 aromatic rings. The Hall–Kier alpha value is -2.48. The van der Waals surface area contributed by atoms with Crippen LogP contribution in [0, 0.1) is 6.92 Å². The third-order valence-electron chi connectivity index (χ3n) is 3.68. The average molecular weight is 393 g/mol. The molecular weight excluding hydrogens is 370 g/mol. The van der Waals surface area contributed by atoms with Crippen molar-refractivity contribution in [2.45, 2.75) is 33.3 Å². The molecule has 0 spiro atoms. The van der Waals surface area contributed by atoms with Gasteiger partial charge in [-0.15, -0.1) is 0 Å². The maximum Gasteiger partial charge on any atom is 0.326 e. The van der Waals surface area contributed by atoms with E-state index in [1.807, 2.05) is 6.92 Å². The van der Waals surface area contributed by atoms with E-state index in [-0.39, 0.29) is 4.91 Å². The highest BCUT2D eigenvalue weighted by Gasteiger charge is 2.37. The highest BCUT2D eigenvalue weighted by atomic mass is 32.2. The first-order chi connectivity index (χ1) is 12.6. The molecule has 0 atom stereocenters. The molecule has 2 rings (SSSR count). The minimum absolute atomic E-state index is 0.214. The Morgan fingerprint density at radius 2 is 1.85 bits per heavy atom. The van der Waals surface area contributed by atoms with Crippen LogP contribution < -0.4 is 9.47 Å². The van der Waals surface area contributed by atoms with Crippen LogP contribution in [0.25, 0.3) is 6.08 Å². The summed E-state index contributed by atoms with van der Waals surface area (Å²) in [5.41, 5.74) is 0.725. The van der Waals surface area contributed by atoms with Crippen molar-refractivity contribution in [2.24, 2.45) is 0 Å². The topological polar surface area (TPSA) is 82.1 Å². The number of methoxy groups -OCH3 is 2. The third kappa shape index (κ3) is 4.82. The van der Waals surface area contributed by atoms with Crippen molar-refractivity contribution < 1.29 is 28.6 Å². The summed E-state index contributed by atoms with van der Waals surface area (Å²) in [4.78, 5) is 37.8. The van der Waals surface area contributed by atoms with Crippen molar-refractivity contribution in [3.8, 4) is 11.5 Å². The van der Waals surface area contributed by atoms with E-state index in [4.69, 9.17) is 14.2 Å². The number of rotatable bonds is 5. The minimum Gasteiger partial charge on any atom is -0.496 e. The molecule has 0 aliphatic carbocycles. The Bertz CT molecular complexity index is 809. The Labute approximate surface area is 162 Å². The van der Waals surface area contributed by atoms with Crippen LogP contribution >= 0.6 is 11.8 Å². The molecule has 1 aromatic carbocycles. The van der Waals surface area contributed by atoms with Gasteiger partial charge in [0.1, 0.15) is 23.6 Å². The highest BCUT2D eigenvalue weighted by Crippen LogP contribution is 2.37. The fourth-order valence-corrected chi connectivity index (χ4v) is 3.41. The van der Waals surface area contributed by atoms with Gasteiger partial charge in [-0.1, -0.05) is 0 Å². The van der Waals surface area contributed by atoms with Crippen molar-refractivity contribution in [3.63, 3.8) is 0 Å². The van der Waals surface area contributed by atoms with Gasteiger partial charge in [0.25, 0.3) is 11.1 Å². The molecule has 0 saturated carbocycles. The molecule has 1 heterocycles. The lowest BCUT2D eigenvalue weighted by atomic mass is 10.1. The summed E-state index contributed by atoms with van der Waals surface area (Å²) in [6, 6.07) is 3.50. The van der Waals surface area contributed by atoms with Gasteiger partial charge in [-0.25, -0.2) is 0 Å². The van der Waals surface area contributed by atoms with Crippen molar-refractivity contribution in [3.05, 3.63) is 28.2 Å². The molecule has 0 radical (unpaired) electrons. The van der Waals surface area contributed by atoms with Gasteiger partial charge in [-0.3, -0.25) is 19.3 Å². The monoisotopic (exact) mass is 393 g/mol. The number of amides is 2. The fraction of sp³-hybridized carbons (Fsp3) is 0.421. The summed E-state index contributed by atoms with van der Waals surface area (Å²) >= 11 is 0.776. The molecular formula is C19H23NO6S. The lowest BCUT2D eigenvalue weighted by molar-refractivity contribution is -0.156. The van der Waals surface area contributed by atoms with Crippen LogP contribution in [0.3, 0.4) is 0 Å². The predicted octanol–water partition coefficient (Wildman–Crippen LogP) is 3.39. The summed E-state index contributed by atoms with van der Waals surface area (Å²) in [6.07, 6.45) is 1.57. The molecule has 8 heteroatoms. The molecule has 1 saturated heterocycles. The molecule has 0 aromatic heterocycles. The summed E-state index contributed by atoms with van der Waals surface area (Å²) < 4.78 is 15.9. The summed E-state index contributed by atoms with van der Waals surface area (Å²) in [5.74, 6) is 0.0330. The van der Waals surface area contributed by atoms with E-state index >= 15 is 0 Å². The molecule has 146 valence electrons. The van der Waals surface area contributed by atoms with Crippen LogP contribution in [-0.2, 0) is 14.3 Å². The Balaban J connectivity index is 2.26. The van der Waals surface area contributed by atoms with E-state index in [9.17, 15) is 14.4 Å². The second kappa shape index (κ2) is 8.04. The first kappa shape index (κ1) is 20.8. The molecule has 0 N–H and O–H groups in total. The standard InChI is InChI=1S/C19H23NO6S/c1-11-13(24-5)8-7-12(16(11)25-6)9-14-17(22)20(18(23)27-14)10-15(21)26-19(2,3)4/h7-9H,10H2,1-6H3. The van der Waals surface area contributed by atoms with Gasteiger partial charge in [0.05, 0.1) is 19.1 Å². The van der Waals surface area contributed by atoms with Crippen molar-refractivity contribution in [1.82, 2.24) is 4.90 Å². The molecule has 0 bridgehead atoms. The number of hydrogen-bond donors (Lipinski definition) is 0. The summed E-state index contributed by atoms with van der Waals surface area (Å²) in [7, 11) is 3.08. The fourth-order valence-electron chi connectivity index (χ4n) is 2.58. The van der Waals surface area contributed by atoms with Crippen LogP contribution in [0.4, 0.5) is 4.79 Å². The Morgan fingerprint density at radius 1 is 1.19 bits per heavy atom. The Morgan fingerprint density at radius 3 is 2.41 bits per heavy atom. The molecule has 1 aliphatic heterocycles. The number of ether oxygens (including phenoxy) is 3. The van der Waals surface area contributed by atoms with Gasteiger partial charge in [0.2, 0.25) is 0 Å². The number of imide groups is 1. The maximum absolute atomic E-state index is 12.6. The lowest BCUT2D eigenvalue weighted by Gasteiger charge is -2.21. The zero-order chi connectivity index (χ0) is 20.4. The first-order valence-corrected chi connectivity index (χ1v) is 9.08. The van der Waals surface area contributed by atoms with Crippen LogP contribution in [0.5, 0.6) is 11.5 Å². The SMILES string of the molecule is COc1ccc(C=C2SC(=O)N(CC(=O)OC(C)(C)C)C2=O)c(OC)c1C. The minimum atomic E-state index is -0.692. The predicted molar refractivity (Wildman–Crippen MR) is 103 cm³/mol. The normalized spacial score (nSPS) is 16.1. The molecule has 7 nitrogen and oxygen atoms in total. The number of nitrogens with zero attached hydrogens (tertiary/aromatic N) is 1. The number of carbonyl (C=O) groups is 3. The van der Waals surface area contributed by atoms with Crippen molar-refractivity contribution >= 4 is 35.0 Å². The highest BCUT2D eigenvalue weighted by molar-refractivity contribution is 8.18. The number of hydrogen-bond acceptors (Lipinski definition) is 7.